The molecule has 1 aromatic carbocycles. The smallest absolute Gasteiger partial charge is 0.161 e. The van der Waals surface area contributed by atoms with Gasteiger partial charge in [0.1, 0.15) is 5.82 Å². The topological polar surface area (TPSA) is 12.0 Å². The zero-order valence-corrected chi connectivity index (χ0v) is 11.3. The highest BCUT2D eigenvalue weighted by Crippen LogP contribution is 2.25. The fourth-order valence-corrected chi connectivity index (χ4v) is 1.42. The first-order valence-electron chi connectivity index (χ1n) is 6.08. The maximum absolute atomic E-state index is 13.4. The van der Waals surface area contributed by atoms with Crippen LogP contribution in [0.1, 0.15) is 33.3 Å². The van der Waals surface area contributed by atoms with Gasteiger partial charge in [-0.1, -0.05) is 27.7 Å². The summed E-state index contributed by atoms with van der Waals surface area (Å²) in [5, 5.41) is 3.08. The molecule has 4 heteroatoms. The van der Waals surface area contributed by atoms with E-state index in [1.807, 2.05) is 0 Å². The molecule has 1 rings (SSSR count). The highest BCUT2D eigenvalue weighted by molar-refractivity contribution is 5.19. The van der Waals surface area contributed by atoms with E-state index in [1.165, 1.54) is 0 Å². The van der Waals surface area contributed by atoms with Crippen LogP contribution in [0.4, 0.5) is 13.2 Å². The molecule has 0 radical (unpaired) electrons. The van der Waals surface area contributed by atoms with Gasteiger partial charge in [0.25, 0.3) is 0 Å². The molecule has 1 N–H and O–H groups in total. The van der Waals surface area contributed by atoms with E-state index in [0.717, 1.165) is 6.07 Å². The second-order valence-electron chi connectivity index (χ2n) is 5.60. The van der Waals surface area contributed by atoms with Crippen molar-refractivity contribution in [1.82, 2.24) is 5.32 Å². The minimum Gasteiger partial charge on any atom is -0.312 e. The molecule has 0 bridgehead atoms. The predicted molar refractivity (Wildman–Crippen MR) is 66.6 cm³/mol. The molecule has 0 amide bonds. The van der Waals surface area contributed by atoms with Crippen molar-refractivity contribution in [3.8, 4) is 0 Å². The fourth-order valence-electron chi connectivity index (χ4n) is 1.42. The molecular weight excluding hydrogens is 239 g/mol. The van der Waals surface area contributed by atoms with E-state index in [-0.39, 0.29) is 17.5 Å². The second kappa shape index (κ2) is 5.74. The predicted octanol–water partition coefficient (Wildman–Crippen LogP) is 3.88. The number of benzene rings is 1. The molecule has 1 nitrogen and oxygen atoms in total. The fraction of sp³-hybridized carbons (Fsp3) is 0.571. The minimum atomic E-state index is -1.15. The summed E-state index contributed by atoms with van der Waals surface area (Å²) in [6.07, 6.45) is 0. The Morgan fingerprint density at radius 2 is 1.61 bits per heavy atom. The third-order valence-corrected chi connectivity index (χ3v) is 3.55. The van der Waals surface area contributed by atoms with Crippen molar-refractivity contribution in [2.75, 3.05) is 6.54 Å². The Hall–Kier alpha value is -1.03. The summed E-state index contributed by atoms with van der Waals surface area (Å²) in [5.74, 6) is -2.42. The summed E-state index contributed by atoms with van der Waals surface area (Å²) in [4.78, 5) is 0. The maximum Gasteiger partial charge on any atom is 0.161 e. The van der Waals surface area contributed by atoms with Crippen molar-refractivity contribution in [3.05, 3.63) is 35.1 Å². The van der Waals surface area contributed by atoms with E-state index >= 15 is 0 Å². The molecule has 0 spiro atoms. The summed E-state index contributed by atoms with van der Waals surface area (Å²) < 4.78 is 39.1. The summed E-state index contributed by atoms with van der Waals surface area (Å²) in [5.41, 5.74) is 0.211. The molecule has 0 aliphatic heterocycles. The largest absolute Gasteiger partial charge is 0.312 e. The van der Waals surface area contributed by atoms with Gasteiger partial charge in [0.2, 0.25) is 0 Å². The molecule has 0 aromatic heterocycles. The van der Waals surface area contributed by atoms with Gasteiger partial charge in [0.05, 0.1) is 0 Å². The van der Waals surface area contributed by atoms with Crippen LogP contribution in [0.2, 0.25) is 0 Å². The molecule has 102 valence electrons. The van der Waals surface area contributed by atoms with Gasteiger partial charge in [-0.2, -0.15) is 0 Å². The van der Waals surface area contributed by atoms with Crippen LogP contribution in [0.15, 0.2) is 12.1 Å². The molecule has 0 aliphatic carbocycles. The Morgan fingerprint density at radius 1 is 1.06 bits per heavy atom. The zero-order valence-electron chi connectivity index (χ0n) is 11.3. The molecule has 1 aromatic rings. The van der Waals surface area contributed by atoms with Crippen LogP contribution >= 0.6 is 0 Å². The van der Waals surface area contributed by atoms with E-state index in [0.29, 0.717) is 18.5 Å². The van der Waals surface area contributed by atoms with Gasteiger partial charge in [-0.25, -0.2) is 13.2 Å². The van der Waals surface area contributed by atoms with Crippen LogP contribution in [0.25, 0.3) is 0 Å². The number of nitrogens with one attached hydrogen (secondary N) is 1. The SMILES string of the molecule is CC(C)C(C)(C)CNCc1cc(F)c(F)cc1F. The van der Waals surface area contributed by atoms with E-state index in [4.69, 9.17) is 0 Å². The van der Waals surface area contributed by atoms with Crippen LogP contribution in [0, 0.1) is 28.8 Å². The van der Waals surface area contributed by atoms with Crippen LogP contribution in [0.3, 0.4) is 0 Å². The lowest BCUT2D eigenvalue weighted by Crippen LogP contribution is -2.33. The van der Waals surface area contributed by atoms with E-state index in [1.54, 1.807) is 0 Å². The van der Waals surface area contributed by atoms with E-state index in [2.05, 4.69) is 33.0 Å². The summed E-state index contributed by atoms with van der Waals surface area (Å²) in [6.45, 7) is 9.31. The van der Waals surface area contributed by atoms with Crippen LogP contribution < -0.4 is 5.32 Å². The lowest BCUT2D eigenvalue weighted by Gasteiger charge is -2.29. The normalized spacial score (nSPS) is 12.2. The van der Waals surface area contributed by atoms with Gasteiger partial charge < -0.3 is 5.32 Å². The van der Waals surface area contributed by atoms with Crippen molar-refractivity contribution < 1.29 is 13.2 Å². The first-order chi connectivity index (χ1) is 8.24. The molecule has 18 heavy (non-hydrogen) atoms. The number of rotatable bonds is 5. The molecule has 0 aliphatic rings. The van der Waals surface area contributed by atoms with Gasteiger partial charge in [0, 0.05) is 24.7 Å². The molecule has 0 saturated carbocycles. The average molecular weight is 259 g/mol. The Bertz CT molecular complexity index is 414. The van der Waals surface area contributed by atoms with Crippen molar-refractivity contribution in [2.24, 2.45) is 11.3 Å². The standard InChI is InChI=1S/C14H20F3N/c1-9(2)14(3,4)8-18-7-10-5-12(16)13(17)6-11(10)15/h5-6,9,18H,7-8H2,1-4H3. The summed E-state index contributed by atoms with van der Waals surface area (Å²) in [6, 6.07) is 1.49. The monoisotopic (exact) mass is 259 g/mol. The van der Waals surface area contributed by atoms with Gasteiger partial charge >= 0.3 is 0 Å². The Kier molecular flexibility index (Phi) is 4.79. The van der Waals surface area contributed by atoms with Crippen LogP contribution in [0.5, 0.6) is 0 Å². The molecule has 0 fully saturated rings. The van der Waals surface area contributed by atoms with E-state index < -0.39 is 17.5 Å². The van der Waals surface area contributed by atoms with Crippen LogP contribution in [-0.4, -0.2) is 6.54 Å². The number of halogens is 3. The lowest BCUT2D eigenvalue weighted by atomic mass is 9.81. The van der Waals surface area contributed by atoms with Gasteiger partial charge in [-0.05, 0) is 17.4 Å². The zero-order chi connectivity index (χ0) is 13.9. The number of hydrogen-bond acceptors (Lipinski definition) is 1. The first-order valence-corrected chi connectivity index (χ1v) is 6.08. The molecular formula is C14H20F3N. The molecule has 0 heterocycles. The van der Waals surface area contributed by atoms with Crippen molar-refractivity contribution in [2.45, 2.75) is 34.2 Å². The lowest BCUT2D eigenvalue weighted by molar-refractivity contribution is 0.237. The number of hydrogen-bond donors (Lipinski definition) is 1. The Balaban J connectivity index is 2.62. The summed E-state index contributed by atoms with van der Waals surface area (Å²) in [7, 11) is 0. The molecule has 0 atom stereocenters. The summed E-state index contributed by atoms with van der Waals surface area (Å²) >= 11 is 0. The van der Waals surface area contributed by atoms with Crippen molar-refractivity contribution in [3.63, 3.8) is 0 Å². The highest BCUT2D eigenvalue weighted by Gasteiger charge is 2.21. The van der Waals surface area contributed by atoms with Crippen molar-refractivity contribution >= 4 is 0 Å². The Labute approximate surface area is 106 Å². The third-order valence-electron chi connectivity index (χ3n) is 3.55. The Morgan fingerprint density at radius 3 is 2.17 bits per heavy atom. The second-order valence-corrected chi connectivity index (χ2v) is 5.60. The first kappa shape index (κ1) is 15.0. The molecule has 0 saturated heterocycles. The minimum absolute atomic E-state index is 0.0645. The third kappa shape index (κ3) is 3.73. The van der Waals surface area contributed by atoms with Gasteiger partial charge in [0.15, 0.2) is 11.6 Å². The van der Waals surface area contributed by atoms with Gasteiger partial charge in [-0.3, -0.25) is 0 Å². The van der Waals surface area contributed by atoms with E-state index in [9.17, 15) is 13.2 Å². The highest BCUT2D eigenvalue weighted by atomic mass is 19.2. The molecule has 0 unspecified atom stereocenters. The van der Waals surface area contributed by atoms with Crippen LogP contribution in [-0.2, 0) is 6.54 Å². The maximum atomic E-state index is 13.4. The quantitative estimate of drug-likeness (QED) is 0.791. The van der Waals surface area contributed by atoms with Crippen molar-refractivity contribution in [1.29, 1.82) is 0 Å². The van der Waals surface area contributed by atoms with Gasteiger partial charge in [-0.15, -0.1) is 0 Å². The average Bonchev–Trinajstić information content (AvgIpc) is 2.25.